The van der Waals surface area contributed by atoms with Crippen molar-refractivity contribution in [2.75, 3.05) is 19.7 Å². The molecule has 0 spiro atoms. The van der Waals surface area contributed by atoms with Crippen LogP contribution in [0.5, 0.6) is 0 Å². The molecule has 2 atom stereocenters. The molecule has 0 bridgehead atoms. The summed E-state index contributed by atoms with van der Waals surface area (Å²) in [5, 5.41) is 7.48. The van der Waals surface area contributed by atoms with Crippen LogP contribution in [0.3, 0.4) is 0 Å². The van der Waals surface area contributed by atoms with E-state index in [0.717, 1.165) is 12.1 Å². The van der Waals surface area contributed by atoms with Crippen LogP contribution in [0.25, 0.3) is 0 Å². The fourth-order valence-electron chi connectivity index (χ4n) is 3.64. The quantitative estimate of drug-likeness (QED) is 0.345. The summed E-state index contributed by atoms with van der Waals surface area (Å²) < 4.78 is 5.20. The maximum absolute atomic E-state index is 12.8. The van der Waals surface area contributed by atoms with E-state index in [0.29, 0.717) is 36.2 Å². The van der Waals surface area contributed by atoms with E-state index in [1.807, 2.05) is 6.92 Å². The number of pyridine rings is 1. The number of Topliss-reactive ketones (excluding diaryl/α,β-unsaturated/α-hetero) is 1. The summed E-state index contributed by atoms with van der Waals surface area (Å²) in [6, 6.07) is 0.719. The van der Waals surface area contributed by atoms with Crippen molar-refractivity contribution in [2.45, 2.75) is 46.1 Å². The minimum Gasteiger partial charge on any atom is -0.454 e. The molecule has 1 fully saturated rings. The minimum absolute atomic E-state index is 0.0825. The van der Waals surface area contributed by atoms with Gasteiger partial charge in [-0.3, -0.25) is 24.2 Å². The topological polar surface area (TPSA) is 144 Å². The summed E-state index contributed by atoms with van der Waals surface area (Å²) in [4.78, 5) is 64.0. The number of hydrogen-bond acceptors (Lipinski definition) is 7. The van der Waals surface area contributed by atoms with E-state index in [4.69, 9.17) is 4.74 Å². The molecule has 1 aromatic rings. The van der Waals surface area contributed by atoms with Crippen molar-refractivity contribution in [3.05, 3.63) is 28.6 Å². The van der Waals surface area contributed by atoms with Gasteiger partial charge < -0.3 is 20.7 Å². The Hall–Kier alpha value is -3.30. The standard InChI is InChI=1S/C21H28N4O6/c1-12-7-13(2)24-14(3)19(12)21(30)31-10-17(27)16(25-18(28)9-22-11-26)8-15-5-4-6-23-20(15)29/h7,11,15-16H,4-6,8-10H2,1-3H3,(H,22,26)(H,23,29)(H,25,28)/t15-,16?/m0/s1. The number of amides is 3. The number of ketones is 1. The number of aryl methyl sites for hydroxylation is 3. The van der Waals surface area contributed by atoms with E-state index >= 15 is 0 Å². The van der Waals surface area contributed by atoms with Gasteiger partial charge in [0.05, 0.1) is 23.8 Å². The van der Waals surface area contributed by atoms with Gasteiger partial charge in [-0.1, -0.05) is 0 Å². The molecule has 0 aromatic carbocycles. The molecule has 1 unspecified atom stereocenters. The van der Waals surface area contributed by atoms with Crippen LogP contribution in [0.2, 0.25) is 0 Å². The molecule has 0 radical (unpaired) electrons. The summed E-state index contributed by atoms with van der Waals surface area (Å²) in [6.45, 7) is 4.95. The van der Waals surface area contributed by atoms with E-state index in [-0.39, 0.29) is 18.9 Å². The Morgan fingerprint density at radius 1 is 1.32 bits per heavy atom. The summed E-state index contributed by atoms with van der Waals surface area (Å²) in [6.07, 6.45) is 1.81. The van der Waals surface area contributed by atoms with Crippen LogP contribution in [-0.2, 0) is 23.9 Å². The van der Waals surface area contributed by atoms with E-state index in [1.54, 1.807) is 19.9 Å². The maximum atomic E-state index is 12.8. The highest BCUT2D eigenvalue weighted by atomic mass is 16.5. The van der Waals surface area contributed by atoms with Crippen molar-refractivity contribution in [2.24, 2.45) is 5.92 Å². The number of esters is 1. The van der Waals surface area contributed by atoms with Crippen LogP contribution >= 0.6 is 0 Å². The molecule has 10 heteroatoms. The van der Waals surface area contributed by atoms with Crippen molar-refractivity contribution in [3.63, 3.8) is 0 Å². The van der Waals surface area contributed by atoms with Crippen LogP contribution in [-0.4, -0.2) is 60.7 Å². The van der Waals surface area contributed by atoms with Crippen molar-refractivity contribution in [1.82, 2.24) is 20.9 Å². The minimum atomic E-state index is -1.03. The molecule has 31 heavy (non-hydrogen) atoms. The van der Waals surface area contributed by atoms with E-state index < -0.39 is 36.2 Å². The molecule has 3 N–H and O–H groups in total. The SMILES string of the molecule is Cc1cc(C)c(C(=O)OCC(=O)C(C[C@@H]2CCCNC2=O)NC(=O)CNC=O)c(C)n1. The zero-order chi connectivity index (χ0) is 23.0. The molecule has 2 rings (SSSR count). The Morgan fingerprint density at radius 3 is 2.71 bits per heavy atom. The second-order valence-corrected chi connectivity index (χ2v) is 7.57. The fourth-order valence-corrected chi connectivity index (χ4v) is 3.64. The number of nitrogens with zero attached hydrogens (tertiary/aromatic N) is 1. The number of hydrogen-bond donors (Lipinski definition) is 3. The molecule has 1 saturated heterocycles. The fraction of sp³-hybridized carbons (Fsp3) is 0.524. The first-order valence-electron chi connectivity index (χ1n) is 10.1. The van der Waals surface area contributed by atoms with Gasteiger partial charge in [0.2, 0.25) is 18.2 Å². The first kappa shape index (κ1) is 24.0. The third-order valence-corrected chi connectivity index (χ3v) is 5.06. The van der Waals surface area contributed by atoms with Crippen LogP contribution in [0, 0.1) is 26.7 Å². The number of carbonyl (C=O) groups is 5. The smallest absolute Gasteiger partial charge is 0.340 e. The van der Waals surface area contributed by atoms with Gasteiger partial charge >= 0.3 is 5.97 Å². The average Bonchev–Trinajstić information content (AvgIpc) is 2.70. The Morgan fingerprint density at radius 2 is 2.06 bits per heavy atom. The molecule has 0 saturated carbocycles. The van der Waals surface area contributed by atoms with Crippen molar-refractivity contribution < 1.29 is 28.7 Å². The lowest BCUT2D eigenvalue weighted by molar-refractivity contribution is -0.132. The zero-order valence-electron chi connectivity index (χ0n) is 17.9. The molecule has 3 amide bonds. The highest BCUT2D eigenvalue weighted by Gasteiger charge is 2.30. The zero-order valence-corrected chi connectivity index (χ0v) is 17.9. The summed E-state index contributed by atoms with van der Waals surface area (Å²) in [5.41, 5.74) is 2.24. The van der Waals surface area contributed by atoms with E-state index in [9.17, 15) is 24.0 Å². The van der Waals surface area contributed by atoms with Crippen molar-refractivity contribution in [1.29, 1.82) is 0 Å². The van der Waals surface area contributed by atoms with E-state index in [2.05, 4.69) is 20.9 Å². The predicted molar refractivity (Wildman–Crippen MR) is 110 cm³/mol. The molecule has 1 aromatic heterocycles. The molecule has 1 aliphatic rings. The van der Waals surface area contributed by atoms with Crippen LogP contribution in [0.15, 0.2) is 6.07 Å². The lowest BCUT2D eigenvalue weighted by Gasteiger charge is -2.26. The molecule has 0 aliphatic carbocycles. The normalized spacial score (nSPS) is 16.6. The third-order valence-electron chi connectivity index (χ3n) is 5.06. The van der Waals surface area contributed by atoms with Crippen molar-refractivity contribution in [3.8, 4) is 0 Å². The Labute approximate surface area is 180 Å². The molecular formula is C21H28N4O6. The number of nitrogens with one attached hydrogen (secondary N) is 3. The van der Waals surface area contributed by atoms with Gasteiger partial charge in [0.15, 0.2) is 12.4 Å². The number of piperidine rings is 1. The lowest BCUT2D eigenvalue weighted by Crippen LogP contribution is -2.49. The molecule has 2 heterocycles. The highest BCUT2D eigenvalue weighted by Crippen LogP contribution is 2.19. The van der Waals surface area contributed by atoms with Gasteiger partial charge in [0.1, 0.15) is 0 Å². The van der Waals surface area contributed by atoms with Gasteiger partial charge in [-0.15, -0.1) is 0 Å². The summed E-state index contributed by atoms with van der Waals surface area (Å²) >= 11 is 0. The predicted octanol–water partition coefficient (Wildman–Crippen LogP) is -0.120. The monoisotopic (exact) mass is 432 g/mol. The molecule has 1 aliphatic heterocycles. The van der Waals surface area contributed by atoms with Gasteiger partial charge in [-0.2, -0.15) is 0 Å². The third kappa shape index (κ3) is 6.87. The number of aromatic nitrogens is 1. The summed E-state index contributed by atoms with van der Waals surface area (Å²) in [5.74, 6) is -2.43. The van der Waals surface area contributed by atoms with E-state index in [1.165, 1.54) is 0 Å². The largest absolute Gasteiger partial charge is 0.454 e. The van der Waals surface area contributed by atoms with Crippen molar-refractivity contribution >= 4 is 30.0 Å². The van der Waals surface area contributed by atoms with Gasteiger partial charge in [0, 0.05) is 18.2 Å². The van der Waals surface area contributed by atoms with Gasteiger partial charge in [-0.05, 0) is 51.7 Å². The number of ether oxygens (including phenoxy) is 1. The number of carbonyl (C=O) groups excluding carboxylic acids is 5. The average molecular weight is 432 g/mol. The second-order valence-electron chi connectivity index (χ2n) is 7.57. The highest BCUT2D eigenvalue weighted by molar-refractivity contribution is 5.96. The van der Waals surface area contributed by atoms with Crippen LogP contribution < -0.4 is 16.0 Å². The molecule has 10 nitrogen and oxygen atoms in total. The molecule has 168 valence electrons. The molecular weight excluding hydrogens is 404 g/mol. The Kier molecular flexibility index (Phi) is 8.65. The number of rotatable bonds is 10. The van der Waals surface area contributed by atoms with Crippen LogP contribution in [0.4, 0.5) is 0 Å². The van der Waals surface area contributed by atoms with Gasteiger partial charge in [0.25, 0.3) is 0 Å². The lowest BCUT2D eigenvalue weighted by atomic mass is 9.90. The maximum Gasteiger partial charge on any atom is 0.340 e. The first-order chi connectivity index (χ1) is 14.7. The Balaban J connectivity index is 2.06. The van der Waals surface area contributed by atoms with Gasteiger partial charge in [-0.25, -0.2) is 4.79 Å². The van der Waals surface area contributed by atoms with Crippen LogP contribution in [0.1, 0.15) is 46.6 Å². The second kappa shape index (κ2) is 11.2. The Bertz CT molecular complexity index is 846. The first-order valence-corrected chi connectivity index (χ1v) is 10.1. The summed E-state index contributed by atoms with van der Waals surface area (Å²) in [7, 11) is 0.